The molecule has 0 saturated carbocycles. The van der Waals surface area contributed by atoms with Crippen LogP contribution in [0.2, 0.25) is 0 Å². The summed E-state index contributed by atoms with van der Waals surface area (Å²) in [5, 5.41) is 21.8. The van der Waals surface area contributed by atoms with Crippen molar-refractivity contribution < 1.29 is 34.0 Å². The summed E-state index contributed by atoms with van der Waals surface area (Å²) in [6.07, 6.45) is 0.943. The van der Waals surface area contributed by atoms with E-state index in [0.29, 0.717) is 19.3 Å². The fraction of sp³-hybridized carbons (Fsp3) is 0.840. The second-order valence-corrected chi connectivity index (χ2v) is 10.4. The molecule has 8 heteroatoms. The maximum atomic E-state index is 13.1. The molecule has 33 heavy (non-hydrogen) atoms. The van der Waals surface area contributed by atoms with Crippen molar-refractivity contribution in [3.63, 3.8) is 0 Å². The van der Waals surface area contributed by atoms with Crippen LogP contribution >= 0.6 is 0 Å². The molecule has 2 rings (SSSR count). The number of aliphatic hydroxyl groups is 2. The van der Waals surface area contributed by atoms with Gasteiger partial charge in [-0.1, -0.05) is 20.8 Å². The van der Waals surface area contributed by atoms with Crippen LogP contribution in [-0.4, -0.2) is 83.3 Å². The fourth-order valence-electron chi connectivity index (χ4n) is 4.88. The Labute approximate surface area is 198 Å². The molecule has 0 aromatic carbocycles. The number of cyclic esters (lactones) is 1. The van der Waals surface area contributed by atoms with Gasteiger partial charge in [-0.05, 0) is 72.2 Å². The summed E-state index contributed by atoms with van der Waals surface area (Å²) in [5.74, 6) is -1.81. The molecule has 0 spiro atoms. The van der Waals surface area contributed by atoms with Crippen molar-refractivity contribution in [1.82, 2.24) is 4.90 Å². The zero-order chi connectivity index (χ0) is 25.1. The highest BCUT2D eigenvalue weighted by Crippen LogP contribution is 2.32. The van der Waals surface area contributed by atoms with E-state index in [-0.39, 0.29) is 29.8 Å². The highest BCUT2D eigenvalue weighted by atomic mass is 16.7. The molecule has 4 unspecified atom stereocenters. The quantitative estimate of drug-likeness (QED) is 0.605. The number of rotatable bonds is 4. The van der Waals surface area contributed by atoms with Gasteiger partial charge in [0.05, 0.1) is 18.1 Å². The summed E-state index contributed by atoms with van der Waals surface area (Å²) in [7, 11) is 3.80. The van der Waals surface area contributed by atoms with E-state index in [1.807, 2.05) is 46.7 Å². The van der Waals surface area contributed by atoms with Gasteiger partial charge < -0.3 is 29.3 Å². The number of likely N-dealkylation sites (N-methyl/N-ethyl adjacent to an activating group) is 1. The van der Waals surface area contributed by atoms with E-state index in [2.05, 4.69) is 0 Å². The zero-order valence-electron chi connectivity index (χ0n) is 21.4. The van der Waals surface area contributed by atoms with Crippen molar-refractivity contribution in [3.05, 3.63) is 12.2 Å². The fourth-order valence-corrected chi connectivity index (χ4v) is 4.88. The monoisotopic (exact) mass is 469 g/mol. The third kappa shape index (κ3) is 6.85. The van der Waals surface area contributed by atoms with E-state index in [4.69, 9.17) is 14.2 Å². The number of hydrogen-bond acceptors (Lipinski definition) is 8. The van der Waals surface area contributed by atoms with Crippen molar-refractivity contribution in [1.29, 1.82) is 0 Å². The van der Waals surface area contributed by atoms with Gasteiger partial charge >= 0.3 is 5.97 Å². The van der Waals surface area contributed by atoms with Gasteiger partial charge in [-0.15, -0.1) is 0 Å². The van der Waals surface area contributed by atoms with Crippen LogP contribution in [0.3, 0.4) is 0 Å². The minimum atomic E-state index is -1.47. The Bertz CT molecular complexity index is 707. The van der Waals surface area contributed by atoms with Crippen molar-refractivity contribution in [2.45, 2.75) is 103 Å². The van der Waals surface area contributed by atoms with Crippen LogP contribution in [0.4, 0.5) is 0 Å². The molecule has 2 N–H and O–H groups in total. The molecular weight excluding hydrogens is 426 g/mol. The maximum Gasteiger partial charge on any atom is 0.311 e. The van der Waals surface area contributed by atoms with Crippen molar-refractivity contribution in [3.8, 4) is 0 Å². The summed E-state index contributed by atoms with van der Waals surface area (Å²) in [4.78, 5) is 27.8. The normalized spacial score (nSPS) is 44.6. The Morgan fingerprint density at radius 1 is 1.18 bits per heavy atom. The van der Waals surface area contributed by atoms with Crippen LogP contribution in [0, 0.1) is 17.8 Å². The van der Waals surface area contributed by atoms with Gasteiger partial charge in [0.1, 0.15) is 17.8 Å². The summed E-state index contributed by atoms with van der Waals surface area (Å²) in [6.45, 7) is 10.8. The molecule has 0 aromatic rings. The van der Waals surface area contributed by atoms with Gasteiger partial charge in [-0.25, -0.2) is 0 Å². The first-order valence-corrected chi connectivity index (χ1v) is 12.1. The van der Waals surface area contributed by atoms with E-state index in [9.17, 15) is 19.8 Å². The predicted octanol–water partition coefficient (Wildman–Crippen LogP) is 2.31. The van der Waals surface area contributed by atoms with Gasteiger partial charge in [0.2, 0.25) is 0 Å². The van der Waals surface area contributed by atoms with Crippen molar-refractivity contribution in [2.24, 2.45) is 17.8 Å². The van der Waals surface area contributed by atoms with E-state index < -0.39 is 42.1 Å². The zero-order valence-corrected chi connectivity index (χ0v) is 21.4. The smallest absolute Gasteiger partial charge is 0.311 e. The largest absolute Gasteiger partial charge is 0.459 e. The molecule has 8 nitrogen and oxygen atoms in total. The van der Waals surface area contributed by atoms with Crippen LogP contribution in [0.5, 0.6) is 0 Å². The molecule has 0 radical (unpaired) electrons. The van der Waals surface area contributed by atoms with Crippen LogP contribution in [0.1, 0.15) is 60.8 Å². The number of hydrogen-bond donors (Lipinski definition) is 2. The first-order valence-electron chi connectivity index (χ1n) is 12.1. The number of ketones is 1. The lowest BCUT2D eigenvalue weighted by Crippen LogP contribution is -2.56. The van der Waals surface area contributed by atoms with Crippen LogP contribution in [0.15, 0.2) is 12.2 Å². The average Bonchev–Trinajstić information content (AvgIpc) is 2.74. The van der Waals surface area contributed by atoms with Gasteiger partial charge in [0.15, 0.2) is 12.1 Å². The first-order chi connectivity index (χ1) is 15.3. The Hall–Kier alpha value is -1.32. The molecule has 10 atom stereocenters. The number of aliphatic hydroxyl groups excluding tert-OH is 1. The molecular formula is C25H43NO7. The average molecular weight is 470 g/mol. The van der Waals surface area contributed by atoms with E-state index in [0.717, 1.165) is 0 Å². The predicted molar refractivity (Wildman–Crippen MR) is 124 cm³/mol. The number of allylic oxidation sites excluding steroid dienone is 1. The highest BCUT2D eigenvalue weighted by Gasteiger charge is 2.43. The van der Waals surface area contributed by atoms with Gasteiger partial charge in [-0.2, -0.15) is 0 Å². The SMILES string of the molecule is CC[C@H]1OC(=O)[C@H](C)[C@@H](OC2OC(C)CC(N(C)C)C2O)[C@@H](C)C[C@@H](C)C(=O)/C=C/[C@]1(C)O. The molecule has 0 bridgehead atoms. The number of carbonyl (C=O) groups is 2. The lowest BCUT2D eigenvalue weighted by molar-refractivity contribution is -0.279. The number of nitrogens with zero attached hydrogens (tertiary/aromatic N) is 1. The van der Waals surface area contributed by atoms with E-state index >= 15 is 0 Å². The second-order valence-electron chi connectivity index (χ2n) is 10.4. The lowest BCUT2D eigenvalue weighted by atomic mass is 9.84. The second kappa shape index (κ2) is 11.4. The third-order valence-electron chi connectivity index (χ3n) is 7.07. The third-order valence-corrected chi connectivity index (χ3v) is 7.07. The summed E-state index contributed by atoms with van der Waals surface area (Å²) >= 11 is 0. The number of carbonyl (C=O) groups excluding carboxylic acids is 2. The molecule has 2 heterocycles. The number of ether oxygens (including phenoxy) is 3. The van der Waals surface area contributed by atoms with Crippen LogP contribution in [-0.2, 0) is 23.8 Å². The standard InChI is InChI=1S/C25H43NO7/c1-9-20-25(6,30)11-10-19(27)14(2)12-15(3)22(17(5)23(29)32-20)33-24-21(28)18(26(7)8)13-16(4)31-24/h10-11,14-18,20-22,24,28,30H,9,12-13H2,1-8H3/b11-10+/t14-,15+,16?,17-,18?,20-,21?,22+,24?,25+/m1/s1. The van der Waals surface area contributed by atoms with Gasteiger partial charge in [0, 0.05) is 12.0 Å². The van der Waals surface area contributed by atoms with Crippen molar-refractivity contribution >= 4 is 11.8 Å². The molecule has 1 fully saturated rings. The summed E-state index contributed by atoms with van der Waals surface area (Å²) in [6, 6.07) is -0.146. The van der Waals surface area contributed by atoms with Crippen molar-refractivity contribution in [2.75, 3.05) is 14.1 Å². The Morgan fingerprint density at radius 3 is 2.39 bits per heavy atom. The van der Waals surface area contributed by atoms with E-state index in [1.165, 1.54) is 19.1 Å². The van der Waals surface area contributed by atoms with Gasteiger partial charge in [-0.3, -0.25) is 9.59 Å². The molecule has 0 amide bonds. The Balaban J connectivity index is 2.36. The topological polar surface area (TPSA) is 106 Å². The van der Waals surface area contributed by atoms with Gasteiger partial charge in [0.25, 0.3) is 0 Å². The summed E-state index contributed by atoms with van der Waals surface area (Å²) < 4.78 is 17.9. The Kier molecular flexibility index (Phi) is 9.65. The molecule has 0 aromatic heterocycles. The van der Waals surface area contributed by atoms with Crippen LogP contribution < -0.4 is 0 Å². The van der Waals surface area contributed by atoms with E-state index in [1.54, 1.807) is 6.92 Å². The first kappa shape index (κ1) is 27.9. The minimum absolute atomic E-state index is 0.106. The molecule has 2 aliphatic heterocycles. The molecule has 1 saturated heterocycles. The highest BCUT2D eigenvalue weighted by molar-refractivity contribution is 5.91. The van der Waals surface area contributed by atoms with Crippen LogP contribution in [0.25, 0.3) is 0 Å². The number of esters is 1. The Morgan fingerprint density at radius 2 is 1.82 bits per heavy atom. The maximum absolute atomic E-state index is 13.1. The molecule has 190 valence electrons. The summed E-state index contributed by atoms with van der Waals surface area (Å²) in [5.41, 5.74) is -1.47. The lowest BCUT2D eigenvalue weighted by Gasteiger charge is -2.43. The molecule has 0 aliphatic carbocycles. The molecule has 2 aliphatic rings. The minimum Gasteiger partial charge on any atom is -0.459 e.